The molecule has 0 saturated carbocycles. The first-order valence-corrected chi connectivity index (χ1v) is 7.67. The molecule has 103 valence electrons. The normalized spacial score (nSPS) is 12.1. The molecule has 0 nitrogen and oxygen atoms in total. The van der Waals surface area contributed by atoms with Gasteiger partial charge < -0.3 is 24.8 Å². The van der Waals surface area contributed by atoms with Crippen LogP contribution in [0.2, 0.25) is 0 Å². The average molecular weight is 383 g/mol. The summed E-state index contributed by atoms with van der Waals surface area (Å²) < 4.78 is 1.53. The summed E-state index contributed by atoms with van der Waals surface area (Å²) in [5.41, 5.74) is 7.67. The van der Waals surface area contributed by atoms with Gasteiger partial charge in [-0.15, -0.1) is 0 Å². The largest absolute Gasteiger partial charge is 1.00 e. The summed E-state index contributed by atoms with van der Waals surface area (Å²) in [6.07, 6.45) is 1.12. The van der Waals surface area contributed by atoms with Crippen molar-refractivity contribution in [1.29, 1.82) is 0 Å². The predicted octanol–water partition coefficient (Wildman–Crippen LogP) is -2.26. The average Bonchev–Trinajstić information content (AvgIpc) is 2.67. The van der Waals surface area contributed by atoms with E-state index in [9.17, 15) is 0 Å². The second-order valence-electron chi connectivity index (χ2n) is 6.13. The van der Waals surface area contributed by atoms with Gasteiger partial charge in [0.15, 0.2) is 0 Å². The van der Waals surface area contributed by atoms with Crippen LogP contribution in [-0.4, -0.2) is 0 Å². The Hall–Kier alpha value is -0.0969. The van der Waals surface area contributed by atoms with Crippen LogP contribution in [0.5, 0.6) is 0 Å². The molecule has 0 saturated heterocycles. The number of hydrogen-bond donors (Lipinski definition) is 0. The molecular formula is C17H17Cl2Zr. The molecule has 0 amide bonds. The van der Waals surface area contributed by atoms with Crippen LogP contribution in [-0.2, 0) is 36.6 Å². The minimum Gasteiger partial charge on any atom is -1.00 e. The van der Waals surface area contributed by atoms with Crippen molar-refractivity contribution in [3.8, 4) is 11.1 Å². The molecule has 2 aromatic carbocycles. The molecule has 0 unspecified atom stereocenters. The van der Waals surface area contributed by atoms with Crippen molar-refractivity contribution < 1.29 is 49.5 Å². The van der Waals surface area contributed by atoms with E-state index < -0.39 is 0 Å². The number of rotatable bonds is 0. The third-order valence-corrected chi connectivity index (χ3v) is 4.89. The first kappa shape index (κ1) is 18.0. The maximum Gasteiger partial charge on any atom is -1.00 e. The molecule has 0 heterocycles. The molecule has 0 spiro atoms. The molecule has 0 bridgehead atoms. The van der Waals surface area contributed by atoms with Gasteiger partial charge in [0.1, 0.15) is 0 Å². The number of benzene rings is 2. The summed E-state index contributed by atoms with van der Waals surface area (Å²) in [6, 6.07) is 13.7. The van der Waals surface area contributed by atoms with E-state index in [0.29, 0.717) is 0 Å². The molecule has 0 N–H and O–H groups in total. The van der Waals surface area contributed by atoms with Crippen molar-refractivity contribution in [2.75, 3.05) is 0 Å². The second kappa shape index (κ2) is 6.34. The van der Waals surface area contributed by atoms with E-state index in [4.69, 9.17) is 0 Å². The molecule has 0 radical (unpaired) electrons. The maximum absolute atomic E-state index is 2.41. The third kappa shape index (κ3) is 3.06. The van der Waals surface area contributed by atoms with Crippen molar-refractivity contribution in [2.45, 2.75) is 32.6 Å². The van der Waals surface area contributed by atoms with Crippen LogP contribution < -0.4 is 28.1 Å². The summed E-state index contributed by atoms with van der Waals surface area (Å²) in [5, 5.41) is 0. The van der Waals surface area contributed by atoms with Crippen molar-refractivity contribution >= 4 is 3.27 Å². The topological polar surface area (TPSA) is 0 Å². The van der Waals surface area contributed by atoms with Gasteiger partial charge in [0, 0.05) is 0 Å². The minimum absolute atomic E-state index is 0. The minimum atomic E-state index is 0. The number of halogens is 2. The van der Waals surface area contributed by atoms with Crippen LogP contribution in [0.1, 0.15) is 37.5 Å². The molecule has 0 atom stereocenters. The summed E-state index contributed by atoms with van der Waals surface area (Å²) in [5.74, 6) is 0. The summed E-state index contributed by atoms with van der Waals surface area (Å²) >= 11 is 1.53. The van der Waals surface area contributed by atoms with Gasteiger partial charge in [0.2, 0.25) is 0 Å². The van der Waals surface area contributed by atoms with Gasteiger partial charge in [0.25, 0.3) is 0 Å². The zero-order chi connectivity index (χ0) is 12.9. The Morgan fingerprint density at radius 3 is 2.25 bits per heavy atom. The Bertz CT molecular complexity index is 627. The van der Waals surface area contributed by atoms with Crippen LogP contribution in [0.4, 0.5) is 0 Å². The molecule has 1 aliphatic rings. The van der Waals surface area contributed by atoms with Gasteiger partial charge >= 0.3 is 125 Å². The summed E-state index contributed by atoms with van der Waals surface area (Å²) in [7, 11) is 0. The molecule has 1 aliphatic carbocycles. The van der Waals surface area contributed by atoms with Crippen LogP contribution in [0.15, 0.2) is 36.4 Å². The molecule has 0 aliphatic heterocycles. The standard InChI is InChI=1S/C17H17.2ClH.Zr/c1-17(2,3)14-9-8-13-10-12-6-4-5-7-15(12)16(13)11-14;;;/h4-7,9,11H,10H2,1-3H3;2*1H;/q;;;+2/p-2. The first-order valence-electron chi connectivity index (χ1n) is 6.44. The quantitative estimate of drug-likeness (QED) is 0.411. The van der Waals surface area contributed by atoms with E-state index in [1.807, 2.05) is 0 Å². The van der Waals surface area contributed by atoms with E-state index in [1.165, 1.54) is 50.2 Å². The predicted molar refractivity (Wildman–Crippen MR) is 73.0 cm³/mol. The van der Waals surface area contributed by atoms with Crippen LogP contribution in [0.25, 0.3) is 11.1 Å². The first-order chi connectivity index (χ1) is 8.47. The third-order valence-electron chi connectivity index (χ3n) is 3.79. The fraction of sp³-hybridized carbons (Fsp3) is 0.294. The Morgan fingerprint density at radius 1 is 0.950 bits per heavy atom. The molecular weight excluding hydrogens is 366 g/mol. The van der Waals surface area contributed by atoms with E-state index in [2.05, 4.69) is 57.2 Å². The zero-order valence-electron chi connectivity index (χ0n) is 11.9. The van der Waals surface area contributed by atoms with Gasteiger partial charge in [-0.05, 0) is 0 Å². The van der Waals surface area contributed by atoms with Crippen molar-refractivity contribution in [1.82, 2.24) is 0 Å². The van der Waals surface area contributed by atoms with Gasteiger partial charge in [-0.1, -0.05) is 0 Å². The van der Waals surface area contributed by atoms with Gasteiger partial charge in [-0.3, -0.25) is 0 Å². The van der Waals surface area contributed by atoms with E-state index in [0.717, 1.165) is 6.42 Å². The fourth-order valence-corrected chi connectivity index (χ4v) is 3.59. The molecule has 0 fully saturated rings. The molecule has 3 rings (SSSR count). The Kier molecular flexibility index (Phi) is 5.70. The maximum atomic E-state index is 2.41. The van der Waals surface area contributed by atoms with Crippen LogP contribution in [0.3, 0.4) is 0 Å². The SMILES string of the molecule is CC(C)(C)c1c[c]([Zr+2])c2c(c1)-c1ccccc1C2.[Cl-].[Cl-]. The molecule has 3 heteroatoms. The van der Waals surface area contributed by atoms with Crippen LogP contribution in [0, 0.1) is 0 Å². The van der Waals surface area contributed by atoms with Gasteiger partial charge in [-0.2, -0.15) is 0 Å². The summed E-state index contributed by atoms with van der Waals surface area (Å²) in [4.78, 5) is 0. The van der Waals surface area contributed by atoms with E-state index in [1.54, 1.807) is 5.56 Å². The van der Waals surface area contributed by atoms with Crippen molar-refractivity contribution in [3.63, 3.8) is 0 Å². The number of hydrogen-bond acceptors (Lipinski definition) is 0. The Balaban J connectivity index is 0.000001000. The monoisotopic (exact) mass is 381 g/mol. The fourth-order valence-electron chi connectivity index (χ4n) is 2.66. The van der Waals surface area contributed by atoms with Gasteiger partial charge in [-0.25, -0.2) is 0 Å². The molecule has 2 aromatic rings. The van der Waals surface area contributed by atoms with Crippen molar-refractivity contribution in [3.05, 3.63) is 53.1 Å². The summed E-state index contributed by atoms with van der Waals surface area (Å²) in [6.45, 7) is 6.89. The van der Waals surface area contributed by atoms with Crippen molar-refractivity contribution in [2.24, 2.45) is 0 Å². The second-order valence-corrected chi connectivity index (χ2v) is 7.46. The number of fused-ring (bicyclic) bond motifs is 3. The zero-order valence-corrected chi connectivity index (χ0v) is 15.9. The van der Waals surface area contributed by atoms with Gasteiger partial charge in [0.05, 0.1) is 0 Å². The Morgan fingerprint density at radius 2 is 1.60 bits per heavy atom. The Labute approximate surface area is 149 Å². The van der Waals surface area contributed by atoms with E-state index >= 15 is 0 Å². The van der Waals surface area contributed by atoms with Crippen LogP contribution >= 0.6 is 0 Å². The molecule has 20 heavy (non-hydrogen) atoms. The smallest absolute Gasteiger partial charge is 1.00 e. The van der Waals surface area contributed by atoms with E-state index in [-0.39, 0.29) is 30.2 Å². The molecule has 0 aromatic heterocycles.